The molecule has 2 aliphatic heterocycles. The fourth-order valence-electron chi connectivity index (χ4n) is 2.41. The minimum Gasteiger partial charge on any atom is -0.381 e. The van der Waals surface area contributed by atoms with E-state index in [0.717, 1.165) is 45.8 Å². The molecule has 0 aromatic rings. The Morgan fingerprint density at radius 2 is 2.00 bits per heavy atom. The van der Waals surface area contributed by atoms with Gasteiger partial charge in [-0.3, -0.25) is 0 Å². The molecule has 16 heavy (non-hydrogen) atoms. The van der Waals surface area contributed by atoms with Crippen LogP contribution < -0.4 is 11.1 Å². The molecule has 1 unspecified atom stereocenters. The van der Waals surface area contributed by atoms with Crippen LogP contribution in [0.25, 0.3) is 0 Å². The van der Waals surface area contributed by atoms with E-state index in [1.807, 2.05) is 0 Å². The molecule has 3 N–H and O–H groups in total. The molecule has 0 amide bonds. The van der Waals surface area contributed by atoms with Gasteiger partial charge in [0.25, 0.3) is 0 Å². The zero-order chi connectivity index (χ0) is 11.3. The van der Waals surface area contributed by atoms with Crippen LogP contribution in [0.5, 0.6) is 0 Å². The number of nitrogens with one attached hydrogen (secondary N) is 1. The highest BCUT2D eigenvalue weighted by atomic mass is 16.5. The van der Waals surface area contributed by atoms with E-state index in [0.29, 0.717) is 6.10 Å². The van der Waals surface area contributed by atoms with E-state index < -0.39 is 0 Å². The van der Waals surface area contributed by atoms with Crippen molar-refractivity contribution in [1.29, 1.82) is 0 Å². The molecule has 2 saturated heterocycles. The maximum atomic E-state index is 6.29. The van der Waals surface area contributed by atoms with E-state index in [-0.39, 0.29) is 5.54 Å². The van der Waals surface area contributed by atoms with Crippen molar-refractivity contribution in [3.8, 4) is 0 Å². The molecule has 0 radical (unpaired) electrons. The second-order valence-corrected chi connectivity index (χ2v) is 5.09. The van der Waals surface area contributed by atoms with Crippen LogP contribution in [0, 0.1) is 0 Å². The van der Waals surface area contributed by atoms with E-state index in [2.05, 4.69) is 5.32 Å². The average Bonchev–Trinajstić information content (AvgIpc) is 2.31. The highest BCUT2D eigenvalue weighted by molar-refractivity contribution is 4.88. The molecule has 4 heteroatoms. The van der Waals surface area contributed by atoms with Gasteiger partial charge >= 0.3 is 0 Å². The number of hydrogen-bond donors (Lipinski definition) is 2. The number of rotatable bonds is 4. The lowest BCUT2D eigenvalue weighted by atomic mass is 9.91. The predicted molar refractivity (Wildman–Crippen MR) is 63.4 cm³/mol. The molecule has 0 aliphatic carbocycles. The van der Waals surface area contributed by atoms with Crippen LogP contribution in [0.3, 0.4) is 0 Å². The van der Waals surface area contributed by atoms with Gasteiger partial charge in [-0.1, -0.05) is 0 Å². The Morgan fingerprint density at radius 1 is 1.19 bits per heavy atom. The number of hydrogen-bond acceptors (Lipinski definition) is 4. The second kappa shape index (κ2) is 5.96. The van der Waals surface area contributed by atoms with Crippen molar-refractivity contribution in [3.63, 3.8) is 0 Å². The number of nitrogens with two attached hydrogens (primary N) is 1. The normalized spacial score (nSPS) is 30.2. The van der Waals surface area contributed by atoms with Crippen LogP contribution in [-0.2, 0) is 9.47 Å². The Hall–Kier alpha value is -0.160. The van der Waals surface area contributed by atoms with Gasteiger partial charge in [0, 0.05) is 38.4 Å². The summed E-state index contributed by atoms with van der Waals surface area (Å²) in [5.41, 5.74) is 6.23. The van der Waals surface area contributed by atoms with Crippen LogP contribution >= 0.6 is 0 Å². The molecule has 2 fully saturated rings. The minimum atomic E-state index is -0.0626. The fourth-order valence-corrected chi connectivity index (χ4v) is 2.41. The molecule has 0 saturated carbocycles. The monoisotopic (exact) mass is 228 g/mol. The maximum absolute atomic E-state index is 6.29. The lowest BCUT2D eigenvalue weighted by Crippen LogP contribution is -2.53. The van der Waals surface area contributed by atoms with Gasteiger partial charge in [0.1, 0.15) is 0 Å². The lowest BCUT2D eigenvalue weighted by Gasteiger charge is -2.34. The molecule has 0 spiro atoms. The average molecular weight is 228 g/mol. The smallest absolute Gasteiger partial charge is 0.0699 e. The zero-order valence-electron chi connectivity index (χ0n) is 10.0. The summed E-state index contributed by atoms with van der Waals surface area (Å²) in [5.74, 6) is 0. The third kappa shape index (κ3) is 3.70. The van der Waals surface area contributed by atoms with Crippen molar-refractivity contribution >= 4 is 0 Å². The first-order valence-electron chi connectivity index (χ1n) is 6.47. The zero-order valence-corrected chi connectivity index (χ0v) is 10.0. The molecule has 0 aromatic carbocycles. The Balaban J connectivity index is 1.62. The molecular formula is C12H24N2O2. The molecule has 2 heterocycles. The molecule has 94 valence electrons. The summed E-state index contributed by atoms with van der Waals surface area (Å²) in [5, 5.41) is 3.46. The Bertz CT molecular complexity index is 199. The van der Waals surface area contributed by atoms with Crippen molar-refractivity contribution in [2.75, 3.05) is 32.9 Å². The lowest BCUT2D eigenvalue weighted by molar-refractivity contribution is 0.0134. The topological polar surface area (TPSA) is 56.5 Å². The van der Waals surface area contributed by atoms with Crippen molar-refractivity contribution in [3.05, 3.63) is 0 Å². The molecule has 2 aliphatic rings. The minimum absolute atomic E-state index is 0.0626. The summed E-state index contributed by atoms with van der Waals surface area (Å²) in [7, 11) is 0. The van der Waals surface area contributed by atoms with E-state index in [1.165, 1.54) is 19.3 Å². The third-order valence-electron chi connectivity index (χ3n) is 3.61. The third-order valence-corrected chi connectivity index (χ3v) is 3.61. The molecule has 4 nitrogen and oxygen atoms in total. The first-order valence-corrected chi connectivity index (χ1v) is 6.47. The number of ether oxygens (including phenoxy) is 2. The molecule has 1 atom stereocenters. The van der Waals surface area contributed by atoms with Crippen LogP contribution in [0.4, 0.5) is 0 Å². The first kappa shape index (κ1) is 12.3. The first-order chi connectivity index (χ1) is 7.79. The SMILES string of the molecule is NC1(CNCC2CCCCO2)CCOCC1. The van der Waals surface area contributed by atoms with Gasteiger partial charge in [0.2, 0.25) is 0 Å². The summed E-state index contributed by atoms with van der Waals surface area (Å²) in [6, 6.07) is 0. The van der Waals surface area contributed by atoms with Gasteiger partial charge in [-0.2, -0.15) is 0 Å². The highest BCUT2D eigenvalue weighted by Gasteiger charge is 2.27. The molecule has 0 bridgehead atoms. The molecule has 2 rings (SSSR count). The molecule has 0 aromatic heterocycles. The predicted octanol–water partition coefficient (Wildman–Crippen LogP) is 0.653. The highest BCUT2D eigenvalue weighted by Crippen LogP contribution is 2.17. The summed E-state index contributed by atoms with van der Waals surface area (Å²) in [6.45, 7) is 4.36. The van der Waals surface area contributed by atoms with Crippen molar-refractivity contribution in [2.45, 2.75) is 43.7 Å². The largest absolute Gasteiger partial charge is 0.381 e. The fraction of sp³-hybridized carbons (Fsp3) is 1.00. The van der Waals surface area contributed by atoms with Crippen molar-refractivity contribution in [1.82, 2.24) is 5.32 Å². The van der Waals surface area contributed by atoms with E-state index in [9.17, 15) is 0 Å². The van der Waals surface area contributed by atoms with E-state index >= 15 is 0 Å². The van der Waals surface area contributed by atoms with E-state index in [1.54, 1.807) is 0 Å². The van der Waals surface area contributed by atoms with Gasteiger partial charge in [-0.05, 0) is 32.1 Å². The summed E-state index contributed by atoms with van der Waals surface area (Å²) < 4.78 is 11.0. The van der Waals surface area contributed by atoms with E-state index in [4.69, 9.17) is 15.2 Å². The van der Waals surface area contributed by atoms with Crippen LogP contribution in [0.1, 0.15) is 32.1 Å². The van der Waals surface area contributed by atoms with Gasteiger partial charge in [0.05, 0.1) is 6.10 Å². The van der Waals surface area contributed by atoms with Gasteiger partial charge < -0.3 is 20.5 Å². The Morgan fingerprint density at radius 3 is 2.69 bits per heavy atom. The standard InChI is InChI=1S/C12H24N2O2/c13-12(4-7-15-8-5-12)10-14-9-11-3-1-2-6-16-11/h11,14H,1-10,13H2. The summed E-state index contributed by atoms with van der Waals surface area (Å²) in [6.07, 6.45) is 6.03. The quantitative estimate of drug-likeness (QED) is 0.742. The Labute approximate surface area is 97.9 Å². The van der Waals surface area contributed by atoms with Gasteiger partial charge in [-0.15, -0.1) is 0 Å². The summed E-state index contributed by atoms with van der Waals surface area (Å²) in [4.78, 5) is 0. The van der Waals surface area contributed by atoms with Crippen molar-refractivity contribution < 1.29 is 9.47 Å². The summed E-state index contributed by atoms with van der Waals surface area (Å²) >= 11 is 0. The second-order valence-electron chi connectivity index (χ2n) is 5.09. The van der Waals surface area contributed by atoms with Crippen LogP contribution in [-0.4, -0.2) is 44.6 Å². The van der Waals surface area contributed by atoms with Crippen LogP contribution in [0.15, 0.2) is 0 Å². The molecular weight excluding hydrogens is 204 g/mol. The Kier molecular flexibility index (Phi) is 4.58. The van der Waals surface area contributed by atoms with Gasteiger partial charge in [-0.25, -0.2) is 0 Å². The van der Waals surface area contributed by atoms with Crippen molar-refractivity contribution in [2.24, 2.45) is 5.73 Å². The van der Waals surface area contributed by atoms with Gasteiger partial charge in [0.15, 0.2) is 0 Å². The van der Waals surface area contributed by atoms with Crippen LogP contribution in [0.2, 0.25) is 0 Å². The maximum Gasteiger partial charge on any atom is 0.0699 e.